The molecule has 1 aromatic carbocycles. The van der Waals surface area contributed by atoms with Gasteiger partial charge in [0.15, 0.2) is 5.69 Å². The van der Waals surface area contributed by atoms with Crippen molar-refractivity contribution in [2.75, 3.05) is 26.7 Å². The second-order valence-electron chi connectivity index (χ2n) is 7.11. The molecule has 1 aliphatic heterocycles. The third kappa shape index (κ3) is 4.33. The van der Waals surface area contributed by atoms with Gasteiger partial charge < -0.3 is 20.1 Å². The average molecular weight is 386 g/mol. The lowest BCUT2D eigenvalue weighted by atomic mass is 10.1. The summed E-state index contributed by atoms with van der Waals surface area (Å²) in [6.07, 6.45) is -0.0594. The molecule has 1 aliphatic rings. The summed E-state index contributed by atoms with van der Waals surface area (Å²) in [4.78, 5) is 26.2. The normalized spacial score (nSPS) is 16.1. The van der Waals surface area contributed by atoms with Crippen LogP contribution in [0.1, 0.15) is 38.5 Å². The number of aliphatic hydroxyl groups excluding tert-OH is 1. The van der Waals surface area contributed by atoms with Crippen LogP contribution < -0.4 is 10.1 Å². The molecular formula is C20H26N4O4. The largest absolute Gasteiger partial charge is 0.493 e. The molecule has 150 valence electrons. The monoisotopic (exact) mass is 386 g/mol. The van der Waals surface area contributed by atoms with Gasteiger partial charge in [-0.3, -0.25) is 14.3 Å². The summed E-state index contributed by atoms with van der Waals surface area (Å²) in [5, 5.41) is 16.6. The molecule has 0 saturated carbocycles. The Morgan fingerprint density at radius 2 is 2.11 bits per heavy atom. The first-order valence-corrected chi connectivity index (χ1v) is 9.35. The van der Waals surface area contributed by atoms with E-state index in [9.17, 15) is 14.7 Å². The van der Waals surface area contributed by atoms with Crippen molar-refractivity contribution in [1.82, 2.24) is 20.0 Å². The molecule has 28 heavy (non-hydrogen) atoms. The van der Waals surface area contributed by atoms with Crippen LogP contribution in [-0.4, -0.2) is 64.4 Å². The number of rotatable bonds is 6. The van der Waals surface area contributed by atoms with Crippen molar-refractivity contribution in [3.05, 3.63) is 46.8 Å². The first-order chi connectivity index (χ1) is 13.4. The number of aliphatic hydroxyl groups is 1. The maximum atomic E-state index is 12.6. The van der Waals surface area contributed by atoms with Crippen molar-refractivity contribution in [3.63, 3.8) is 0 Å². The fourth-order valence-electron chi connectivity index (χ4n) is 3.21. The van der Waals surface area contributed by atoms with Gasteiger partial charge in [0.2, 0.25) is 0 Å². The number of para-hydroxylation sites is 1. The topological polar surface area (TPSA) is 96.7 Å². The number of nitrogens with zero attached hydrogens (tertiary/aromatic N) is 3. The molecule has 8 nitrogen and oxygen atoms in total. The van der Waals surface area contributed by atoms with E-state index in [0.717, 1.165) is 16.9 Å². The van der Waals surface area contributed by atoms with E-state index < -0.39 is 6.10 Å². The number of aryl methyl sites for hydroxylation is 2. The van der Waals surface area contributed by atoms with Crippen molar-refractivity contribution >= 4 is 11.8 Å². The summed E-state index contributed by atoms with van der Waals surface area (Å²) in [5.74, 6) is 0.279. The highest BCUT2D eigenvalue weighted by molar-refractivity contribution is 5.98. The molecule has 0 saturated heterocycles. The summed E-state index contributed by atoms with van der Waals surface area (Å²) in [7, 11) is 1.70. The predicted octanol–water partition coefficient (Wildman–Crippen LogP) is 1.15. The standard InChI is InChI=1S/C20H26N4O4/c1-13-6-4-7-14(2)18(13)28-9-5-8-23(3)20(27)16-10-17-19(26)21-11-15(25)12-24(17)22-16/h4,6-7,10,15,25H,5,8-9,11-12H2,1-3H3,(H,21,26)/t15-/m0/s1. The Morgan fingerprint density at radius 1 is 1.39 bits per heavy atom. The van der Waals surface area contributed by atoms with Gasteiger partial charge in [-0.2, -0.15) is 5.10 Å². The molecule has 8 heteroatoms. The third-order valence-corrected chi connectivity index (χ3v) is 4.75. The van der Waals surface area contributed by atoms with E-state index in [2.05, 4.69) is 10.4 Å². The molecule has 0 radical (unpaired) electrons. The Morgan fingerprint density at radius 3 is 2.82 bits per heavy atom. The van der Waals surface area contributed by atoms with Crippen molar-refractivity contribution in [2.45, 2.75) is 32.9 Å². The zero-order valence-corrected chi connectivity index (χ0v) is 16.4. The van der Waals surface area contributed by atoms with Crippen LogP contribution >= 0.6 is 0 Å². The molecule has 1 atom stereocenters. The van der Waals surface area contributed by atoms with Crippen molar-refractivity contribution in [1.29, 1.82) is 0 Å². The van der Waals surface area contributed by atoms with Crippen molar-refractivity contribution < 1.29 is 19.4 Å². The van der Waals surface area contributed by atoms with Gasteiger partial charge >= 0.3 is 0 Å². The van der Waals surface area contributed by atoms with Gasteiger partial charge in [-0.15, -0.1) is 0 Å². The Bertz CT molecular complexity index is 857. The van der Waals surface area contributed by atoms with E-state index >= 15 is 0 Å². The third-order valence-electron chi connectivity index (χ3n) is 4.75. The molecule has 0 spiro atoms. The number of carbonyl (C=O) groups excluding carboxylic acids is 2. The van der Waals surface area contributed by atoms with E-state index in [1.807, 2.05) is 32.0 Å². The maximum absolute atomic E-state index is 12.6. The lowest BCUT2D eigenvalue weighted by Gasteiger charge is -2.17. The summed E-state index contributed by atoms with van der Waals surface area (Å²) < 4.78 is 7.26. The molecule has 3 rings (SSSR count). The van der Waals surface area contributed by atoms with Gasteiger partial charge in [-0.05, 0) is 31.4 Å². The van der Waals surface area contributed by atoms with E-state index in [1.165, 1.54) is 10.7 Å². The van der Waals surface area contributed by atoms with Gasteiger partial charge in [-0.25, -0.2) is 0 Å². The highest BCUT2D eigenvalue weighted by Crippen LogP contribution is 2.22. The van der Waals surface area contributed by atoms with Gasteiger partial charge in [0.1, 0.15) is 11.4 Å². The first-order valence-electron chi connectivity index (χ1n) is 9.35. The maximum Gasteiger partial charge on any atom is 0.274 e. The average Bonchev–Trinajstić information content (AvgIpc) is 3.02. The molecule has 2 heterocycles. The van der Waals surface area contributed by atoms with E-state index in [1.54, 1.807) is 11.9 Å². The first kappa shape index (κ1) is 19.9. The molecule has 2 amide bonds. The molecule has 0 fully saturated rings. The number of hydrogen-bond acceptors (Lipinski definition) is 5. The van der Waals surface area contributed by atoms with Crippen LogP contribution in [0.25, 0.3) is 0 Å². The number of ether oxygens (including phenoxy) is 1. The molecule has 2 aromatic rings. The van der Waals surface area contributed by atoms with E-state index in [0.29, 0.717) is 19.6 Å². The van der Waals surface area contributed by atoms with Crippen LogP contribution in [0.4, 0.5) is 0 Å². The minimum absolute atomic E-state index is 0.172. The Hall–Kier alpha value is -2.87. The number of nitrogens with one attached hydrogen (secondary N) is 1. The second kappa shape index (κ2) is 8.43. The van der Waals surface area contributed by atoms with Gasteiger partial charge in [0, 0.05) is 26.2 Å². The minimum atomic E-state index is -0.729. The van der Waals surface area contributed by atoms with Gasteiger partial charge in [0.05, 0.1) is 19.3 Å². The van der Waals surface area contributed by atoms with Crippen molar-refractivity contribution in [3.8, 4) is 5.75 Å². The van der Waals surface area contributed by atoms with Crippen molar-refractivity contribution in [2.24, 2.45) is 0 Å². The lowest BCUT2D eigenvalue weighted by Crippen LogP contribution is -2.31. The highest BCUT2D eigenvalue weighted by atomic mass is 16.5. The van der Waals surface area contributed by atoms with Crippen LogP contribution in [-0.2, 0) is 6.54 Å². The van der Waals surface area contributed by atoms with Gasteiger partial charge in [-0.1, -0.05) is 18.2 Å². The summed E-state index contributed by atoms with van der Waals surface area (Å²) in [5.41, 5.74) is 2.65. The summed E-state index contributed by atoms with van der Waals surface area (Å²) in [6, 6.07) is 7.48. The Kier molecular flexibility index (Phi) is 5.99. The van der Waals surface area contributed by atoms with Crippen LogP contribution in [0.15, 0.2) is 24.3 Å². The summed E-state index contributed by atoms with van der Waals surface area (Å²) in [6.45, 7) is 5.36. The highest BCUT2D eigenvalue weighted by Gasteiger charge is 2.25. The molecule has 2 N–H and O–H groups in total. The molecule has 1 aromatic heterocycles. The number of aromatic nitrogens is 2. The van der Waals surface area contributed by atoms with E-state index in [4.69, 9.17) is 4.74 Å². The fourth-order valence-corrected chi connectivity index (χ4v) is 3.21. The SMILES string of the molecule is Cc1cccc(C)c1OCCCN(C)C(=O)c1cc2n(n1)C[C@@H](O)CNC2=O. The number of carbonyl (C=O) groups is 2. The van der Waals surface area contributed by atoms with Crippen LogP contribution in [0.5, 0.6) is 5.75 Å². The van der Waals surface area contributed by atoms with Gasteiger partial charge in [0.25, 0.3) is 11.8 Å². The van der Waals surface area contributed by atoms with E-state index in [-0.39, 0.29) is 36.3 Å². The fraction of sp³-hybridized carbons (Fsp3) is 0.450. The summed E-state index contributed by atoms with van der Waals surface area (Å²) >= 11 is 0. The Balaban J connectivity index is 1.56. The number of amides is 2. The predicted molar refractivity (Wildman–Crippen MR) is 104 cm³/mol. The molecular weight excluding hydrogens is 360 g/mol. The molecule has 0 aliphatic carbocycles. The molecule has 0 bridgehead atoms. The number of fused-ring (bicyclic) bond motifs is 1. The second-order valence-corrected chi connectivity index (χ2v) is 7.11. The molecule has 0 unspecified atom stereocenters. The zero-order chi connectivity index (χ0) is 20.3. The number of benzene rings is 1. The number of β-amino-alcohol motifs (C(OH)–C–C–N with tert-alkyl or cyclic N) is 1. The van der Waals surface area contributed by atoms with Crippen LogP contribution in [0.2, 0.25) is 0 Å². The minimum Gasteiger partial charge on any atom is -0.493 e. The Labute approximate surface area is 164 Å². The smallest absolute Gasteiger partial charge is 0.274 e. The quantitative estimate of drug-likeness (QED) is 0.726. The lowest BCUT2D eigenvalue weighted by molar-refractivity contribution is 0.0779. The van der Waals surface area contributed by atoms with Crippen LogP contribution in [0, 0.1) is 13.8 Å². The van der Waals surface area contributed by atoms with Crippen LogP contribution in [0.3, 0.4) is 0 Å². The number of hydrogen-bond donors (Lipinski definition) is 2. The zero-order valence-electron chi connectivity index (χ0n) is 16.4.